The van der Waals surface area contributed by atoms with Crippen LogP contribution >= 0.6 is 0 Å². The van der Waals surface area contributed by atoms with E-state index in [-0.39, 0.29) is 96.0 Å². The normalized spacial score (nSPS) is 14.5. The van der Waals surface area contributed by atoms with Crippen LogP contribution in [0.25, 0.3) is 0 Å². The van der Waals surface area contributed by atoms with Crippen LogP contribution in [-0.4, -0.2) is 93.4 Å². The number of allylic oxidation sites excluding steroid dienone is 12. The van der Waals surface area contributed by atoms with E-state index >= 15 is 0 Å². The van der Waals surface area contributed by atoms with Gasteiger partial charge >= 0.3 is 18.1 Å². The van der Waals surface area contributed by atoms with Gasteiger partial charge in [-0.3, -0.25) is 9.59 Å². The van der Waals surface area contributed by atoms with Gasteiger partial charge in [0.2, 0.25) is 0 Å². The number of carbonyl (C=O) groups is 2. The summed E-state index contributed by atoms with van der Waals surface area (Å²) >= 11 is 0. The van der Waals surface area contributed by atoms with Crippen molar-refractivity contribution in [3.8, 4) is 0 Å². The van der Waals surface area contributed by atoms with E-state index in [4.69, 9.17) is 10.2 Å². The van der Waals surface area contributed by atoms with Gasteiger partial charge in [-0.1, -0.05) is 115 Å². The van der Waals surface area contributed by atoms with Crippen molar-refractivity contribution in [1.82, 2.24) is 0 Å². The van der Waals surface area contributed by atoms with Gasteiger partial charge in [0.1, 0.15) is 0 Å². The van der Waals surface area contributed by atoms with Gasteiger partial charge in [-0.2, -0.15) is 61.7 Å². The molecular formula is C47H58F4O10Y2-4. The van der Waals surface area contributed by atoms with Crippen molar-refractivity contribution in [2.75, 3.05) is 14.2 Å². The van der Waals surface area contributed by atoms with Crippen LogP contribution in [0.15, 0.2) is 146 Å². The minimum atomic E-state index is -4.24. The molecule has 63 heavy (non-hydrogen) atoms. The number of hydrogen-bond donors (Lipinski definition) is 6. The number of halogens is 4. The van der Waals surface area contributed by atoms with E-state index in [0.29, 0.717) is 25.7 Å². The Balaban J connectivity index is -0.000000395. The van der Waals surface area contributed by atoms with Crippen molar-refractivity contribution in [1.29, 1.82) is 0 Å². The van der Waals surface area contributed by atoms with Crippen LogP contribution in [0, 0.1) is 31.8 Å². The number of methoxy groups -OCH3 is 2. The zero-order valence-corrected chi connectivity index (χ0v) is 41.1. The third kappa shape index (κ3) is 45.4. The van der Waals surface area contributed by atoms with Crippen LogP contribution in [0.2, 0.25) is 0 Å². The summed E-state index contributed by atoms with van der Waals surface area (Å²) in [5.41, 5.74) is -0.657. The van der Waals surface area contributed by atoms with Crippen LogP contribution in [0.3, 0.4) is 0 Å². The summed E-state index contributed by atoms with van der Waals surface area (Å²) in [4.78, 5) is 21.8. The molecule has 0 unspecified atom stereocenters. The molecule has 2 rings (SSSR count). The second-order valence-corrected chi connectivity index (χ2v) is 12.3. The number of alkyl halides is 3. The number of ether oxygens (including phenoxy) is 2. The maximum atomic E-state index is 11.9. The van der Waals surface area contributed by atoms with Gasteiger partial charge in [0.05, 0.1) is 38.6 Å². The summed E-state index contributed by atoms with van der Waals surface area (Å²) in [5, 5.41) is 56.5. The Kier molecular flexibility index (Phi) is 46.7. The number of carbonyl (C=O) groups excluding carboxylic acids is 2. The third-order valence-corrected chi connectivity index (χ3v) is 7.11. The topological polar surface area (TPSA) is 174 Å². The Morgan fingerprint density at radius 2 is 0.984 bits per heavy atom. The van der Waals surface area contributed by atoms with Gasteiger partial charge in [0.25, 0.3) is 0 Å². The monoisotopic (exact) mass is 1040 g/mol. The SMILES string of the molecule is FC(F)(F)c1c[c-]ccc1.Fc1cc[c-]cc1.[CH2-][C@@H](O)/C=C/C=C\C=C\C=C\[C@@H](O)[C@@H](O)CCCC(=O)OC.[CH2-][C@H](O)/C=C/C=C\C=C\C=C\[C@@H](O)[C@@H](O)CCCC(=O)OC.[Y].[Y]. The van der Waals surface area contributed by atoms with Crippen molar-refractivity contribution in [2.24, 2.45) is 0 Å². The largest absolute Gasteiger partial charge is 0.469 e. The predicted octanol–water partition coefficient (Wildman–Crippen LogP) is 7.07. The average molecular weight is 1040 g/mol. The first-order valence-corrected chi connectivity index (χ1v) is 18.8. The van der Waals surface area contributed by atoms with Crippen LogP contribution in [0.5, 0.6) is 0 Å². The molecule has 0 bridgehead atoms. The number of rotatable bonds is 20. The molecule has 0 heterocycles. The summed E-state index contributed by atoms with van der Waals surface area (Å²) in [5.74, 6) is -0.862. The molecule has 0 aliphatic carbocycles. The van der Waals surface area contributed by atoms with E-state index in [9.17, 15) is 47.6 Å². The predicted molar refractivity (Wildman–Crippen MR) is 227 cm³/mol. The Morgan fingerprint density at radius 3 is 1.25 bits per heavy atom. The van der Waals surface area contributed by atoms with E-state index in [0.717, 1.165) is 12.1 Å². The van der Waals surface area contributed by atoms with E-state index in [1.165, 1.54) is 74.9 Å². The molecule has 0 spiro atoms. The van der Waals surface area contributed by atoms with Gasteiger partial charge in [-0.25, -0.2) is 4.39 Å². The number of aliphatic hydroxyl groups is 6. The maximum absolute atomic E-state index is 11.9. The van der Waals surface area contributed by atoms with Gasteiger partial charge in [-0.15, -0.1) is 12.1 Å². The molecule has 2 radical (unpaired) electrons. The maximum Gasteiger partial charge on any atom is 0.370 e. The molecule has 0 aromatic heterocycles. The van der Waals surface area contributed by atoms with Crippen molar-refractivity contribution >= 4 is 11.9 Å². The van der Waals surface area contributed by atoms with Gasteiger partial charge in [0.15, 0.2) is 0 Å². The second kappa shape index (κ2) is 44.2. The molecule has 0 saturated heterocycles. The molecule has 2 aromatic rings. The fraction of sp³-hybridized carbons (Fsp3) is 0.319. The van der Waals surface area contributed by atoms with Gasteiger partial charge in [0, 0.05) is 84.1 Å². The zero-order chi connectivity index (χ0) is 46.3. The van der Waals surface area contributed by atoms with Crippen molar-refractivity contribution in [3.05, 3.63) is 183 Å². The molecule has 6 N–H and O–H groups in total. The fourth-order valence-electron chi connectivity index (χ4n) is 3.90. The molecule has 344 valence electrons. The Morgan fingerprint density at radius 1 is 0.619 bits per heavy atom. The molecule has 6 atom stereocenters. The minimum absolute atomic E-state index is 0. The van der Waals surface area contributed by atoms with Crippen molar-refractivity contribution in [2.45, 2.75) is 81.3 Å². The molecule has 0 saturated carbocycles. The summed E-state index contributed by atoms with van der Waals surface area (Å²) in [6.07, 6.45) is 19.0. The first kappa shape index (κ1) is 66.6. The summed E-state index contributed by atoms with van der Waals surface area (Å²) < 4.78 is 56.2. The number of esters is 2. The molecule has 0 aliphatic heterocycles. The average Bonchev–Trinajstić information content (AvgIpc) is 3.23. The summed E-state index contributed by atoms with van der Waals surface area (Å²) in [6.45, 7) is 6.77. The number of aliphatic hydroxyl groups excluding tert-OH is 6. The molecule has 0 amide bonds. The number of benzene rings is 2. The van der Waals surface area contributed by atoms with Crippen LogP contribution in [-0.2, 0) is 90.7 Å². The molecule has 0 fully saturated rings. The molecule has 0 aliphatic rings. The van der Waals surface area contributed by atoms with E-state index in [1.807, 2.05) is 0 Å². The van der Waals surface area contributed by atoms with E-state index in [2.05, 4.69) is 35.5 Å². The first-order chi connectivity index (χ1) is 28.9. The smallest absolute Gasteiger partial charge is 0.370 e. The first-order valence-electron chi connectivity index (χ1n) is 18.8. The molecule has 2 aromatic carbocycles. The number of hydrogen-bond acceptors (Lipinski definition) is 10. The minimum Gasteiger partial charge on any atom is -0.469 e. The zero-order valence-electron chi connectivity index (χ0n) is 35.5. The van der Waals surface area contributed by atoms with Crippen LogP contribution in [0.4, 0.5) is 17.6 Å². The van der Waals surface area contributed by atoms with Crippen LogP contribution in [0.1, 0.15) is 44.1 Å². The third-order valence-electron chi connectivity index (χ3n) is 7.11. The standard InChI is InChI=1S/2C17H25O5.C7H4F3.C6H4F.2Y/c2*1-14(18)10-7-5-3-4-6-8-11-15(19)16(20)12-9-13-17(21)22-2;8-7(9,10)6-4-2-1-3-5-6;7-6-4-2-1-3-5-6;;/h2*3-8,10-11,14-16,18-20H,1,9,12-13H2,2H3;1-2,4-5H;2-5H;;/q4*-1;;/b2*5-3-,6-4+,10-7+,11-8+;;;;/t14-,15+,16-;14-,15-,16+;;;;/m01..../s1. The van der Waals surface area contributed by atoms with Crippen molar-refractivity contribution in [3.63, 3.8) is 0 Å². The van der Waals surface area contributed by atoms with E-state index in [1.54, 1.807) is 72.9 Å². The Labute approximate surface area is 420 Å². The Hall–Kier alpha value is -3.01. The molecule has 16 heteroatoms. The second-order valence-electron chi connectivity index (χ2n) is 12.3. The summed E-state index contributed by atoms with van der Waals surface area (Å²) in [7, 11) is 2.63. The van der Waals surface area contributed by atoms with Gasteiger partial charge < -0.3 is 54.0 Å². The van der Waals surface area contributed by atoms with E-state index < -0.39 is 48.4 Å². The fourth-order valence-corrected chi connectivity index (χ4v) is 3.90. The summed E-state index contributed by atoms with van der Waals surface area (Å²) in [6, 6.07) is 15.5. The van der Waals surface area contributed by atoms with Crippen LogP contribution < -0.4 is 0 Å². The Bertz CT molecular complexity index is 1570. The van der Waals surface area contributed by atoms with Gasteiger partial charge in [-0.05, 0) is 25.7 Å². The quantitative estimate of drug-likeness (QED) is 0.0349. The molecule has 10 nitrogen and oxygen atoms in total. The molecular weight excluding hydrogens is 978 g/mol. The van der Waals surface area contributed by atoms with Crippen molar-refractivity contribution < 1.29 is 133 Å².